The third-order valence-corrected chi connectivity index (χ3v) is 3.64. The van der Waals surface area contributed by atoms with Gasteiger partial charge in [0.2, 0.25) is 0 Å². The predicted molar refractivity (Wildman–Crippen MR) is 78.9 cm³/mol. The maximum atomic E-state index is 12.5. The highest BCUT2D eigenvalue weighted by molar-refractivity contribution is 9.10. The number of nitrogens with zero attached hydrogens (tertiary/aromatic N) is 1. The average Bonchev–Trinajstić information content (AvgIpc) is 2.44. The van der Waals surface area contributed by atoms with Crippen LogP contribution in [-0.2, 0) is 12.6 Å². The molecule has 1 heterocycles. The lowest BCUT2D eigenvalue weighted by atomic mass is 10.0. The van der Waals surface area contributed by atoms with E-state index in [9.17, 15) is 13.2 Å². The molecule has 0 bridgehead atoms. The van der Waals surface area contributed by atoms with Crippen LogP contribution in [0.3, 0.4) is 0 Å². The van der Waals surface area contributed by atoms with Gasteiger partial charge in [-0.25, -0.2) is 0 Å². The number of hydrogen-bond donors (Lipinski definition) is 1. The summed E-state index contributed by atoms with van der Waals surface area (Å²) < 4.78 is 38.6. The smallest absolute Gasteiger partial charge is 0.311 e. The molecule has 0 aliphatic heterocycles. The van der Waals surface area contributed by atoms with E-state index in [1.807, 2.05) is 24.3 Å². The quantitative estimate of drug-likeness (QED) is 0.877. The van der Waals surface area contributed by atoms with Gasteiger partial charge in [0.1, 0.15) is 0 Å². The first-order valence-corrected chi connectivity index (χ1v) is 7.14. The van der Waals surface area contributed by atoms with Gasteiger partial charge in [-0.2, -0.15) is 13.2 Å². The fraction of sp³-hybridized carbons (Fsp3) is 0.267. The summed E-state index contributed by atoms with van der Waals surface area (Å²) in [4.78, 5) is 3.94. The number of likely N-dealkylation sites (N-methyl/N-ethyl adjacent to an activating group) is 1. The van der Waals surface area contributed by atoms with Crippen molar-refractivity contribution in [2.75, 3.05) is 7.05 Å². The van der Waals surface area contributed by atoms with Crippen LogP contribution in [-0.4, -0.2) is 12.0 Å². The molecule has 0 spiro atoms. The molecule has 2 aromatic rings. The number of pyridine rings is 1. The molecule has 1 aromatic heterocycles. The maximum Gasteiger partial charge on any atom is 0.417 e. The van der Waals surface area contributed by atoms with Crippen molar-refractivity contribution in [3.63, 3.8) is 0 Å². The Balaban J connectivity index is 2.18. The van der Waals surface area contributed by atoms with E-state index < -0.39 is 11.7 Å². The van der Waals surface area contributed by atoms with E-state index in [0.29, 0.717) is 12.1 Å². The second-order valence-electron chi connectivity index (χ2n) is 4.64. The number of alkyl halides is 3. The van der Waals surface area contributed by atoms with Gasteiger partial charge in [0.15, 0.2) is 0 Å². The van der Waals surface area contributed by atoms with Gasteiger partial charge in [0, 0.05) is 10.7 Å². The van der Waals surface area contributed by atoms with Gasteiger partial charge < -0.3 is 5.32 Å². The highest BCUT2D eigenvalue weighted by Gasteiger charge is 2.30. The van der Waals surface area contributed by atoms with E-state index in [4.69, 9.17) is 0 Å². The van der Waals surface area contributed by atoms with Crippen molar-refractivity contribution in [1.82, 2.24) is 10.3 Å². The minimum atomic E-state index is -4.36. The van der Waals surface area contributed by atoms with E-state index in [-0.39, 0.29) is 6.04 Å². The van der Waals surface area contributed by atoms with Crippen LogP contribution in [0, 0.1) is 0 Å². The number of aromatic nitrogens is 1. The Kier molecular flexibility index (Phi) is 5.00. The molecule has 6 heteroatoms. The molecule has 2 rings (SSSR count). The third kappa shape index (κ3) is 4.28. The predicted octanol–water partition coefficient (Wildman–Crippen LogP) is 4.37. The standard InChI is InChI=1S/C15H14BrF3N2/c1-20-14(8-10-3-2-4-12(16)7-10)13-6-5-11(9-21-13)15(17,18)19/h2-7,9,14,20H,8H2,1H3. The first-order valence-electron chi connectivity index (χ1n) is 6.35. The van der Waals surface area contributed by atoms with Gasteiger partial charge in [-0.05, 0) is 43.3 Å². The van der Waals surface area contributed by atoms with Crippen LogP contribution < -0.4 is 5.32 Å². The highest BCUT2D eigenvalue weighted by atomic mass is 79.9. The molecule has 0 saturated carbocycles. The van der Waals surface area contributed by atoms with Crippen LogP contribution in [0.15, 0.2) is 47.1 Å². The molecule has 0 amide bonds. The van der Waals surface area contributed by atoms with E-state index in [1.54, 1.807) is 7.05 Å². The normalized spacial score (nSPS) is 13.2. The Bertz CT molecular complexity index is 597. The number of nitrogens with one attached hydrogen (secondary N) is 1. The number of rotatable bonds is 4. The lowest BCUT2D eigenvalue weighted by molar-refractivity contribution is -0.137. The molecule has 112 valence electrons. The van der Waals surface area contributed by atoms with Crippen LogP contribution in [0.1, 0.15) is 22.9 Å². The second-order valence-corrected chi connectivity index (χ2v) is 5.56. The fourth-order valence-corrected chi connectivity index (χ4v) is 2.48. The van der Waals surface area contributed by atoms with Crippen molar-refractivity contribution in [1.29, 1.82) is 0 Å². The molecule has 0 fully saturated rings. The second kappa shape index (κ2) is 6.58. The summed E-state index contributed by atoms with van der Waals surface area (Å²) in [5.74, 6) is 0. The molecule has 2 nitrogen and oxygen atoms in total. The number of halogens is 4. The van der Waals surface area contributed by atoms with Crippen molar-refractivity contribution in [3.8, 4) is 0 Å². The molecule has 0 saturated heterocycles. The molecule has 21 heavy (non-hydrogen) atoms. The molecule has 1 atom stereocenters. The van der Waals surface area contributed by atoms with E-state index in [0.717, 1.165) is 22.3 Å². The summed E-state index contributed by atoms with van der Waals surface area (Å²) in [6.45, 7) is 0. The van der Waals surface area contributed by atoms with Crippen LogP contribution in [0.25, 0.3) is 0 Å². The molecular weight excluding hydrogens is 345 g/mol. The van der Waals surface area contributed by atoms with E-state index >= 15 is 0 Å². The van der Waals surface area contributed by atoms with E-state index in [2.05, 4.69) is 26.2 Å². The fourth-order valence-electron chi connectivity index (χ4n) is 2.03. The van der Waals surface area contributed by atoms with Crippen LogP contribution in [0.5, 0.6) is 0 Å². The minimum Gasteiger partial charge on any atom is -0.311 e. The van der Waals surface area contributed by atoms with Crippen molar-refractivity contribution in [2.45, 2.75) is 18.6 Å². The molecule has 0 aliphatic carbocycles. The van der Waals surface area contributed by atoms with Gasteiger partial charge >= 0.3 is 6.18 Å². The van der Waals surface area contributed by atoms with E-state index in [1.165, 1.54) is 6.07 Å². The van der Waals surface area contributed by atoms with Crippen LogP contribution in [0.4, 0.5) is 13.2 Å². The van der Waals surface area contributed by atoms with Crippen LogP contribution in [0.2, 0.25) is 0 Å². The summed E-state index contributed by atoms with van der Waals surface area (Å²) in [7, 11) is 1.77. The summed E-state index contributed by atoms with van der Waals surface area (Å²) in [6, 6.07) is 10.1. The Morgan fingerprint density at radius 3 is 2.52 bits per heavy atom. The molecule has 1 N–H and O–H groups in total. The Labute approximate surface area is 129 Å². The molecule has 0 aliphatic rings. The Morgan fingerprint density at radius 2 is 2.00 bits per heavy atom. The molecule has 0 radical (unpaired) electrons. The third-order valence-electron chi connectivity index (χ3n) is 3.15. The van der Waals surface area contributed by atoms with Gasteiger partial charge in [-0.15, -0.1) is 0 Å². The molecular formula is C15H14BrF3N2. The van der Waals surface area contributed by atoms with Crippen molar-refractivity contribution in [2.24, 2.45) is 0 Å². The average molecular weight is 359 g/mol. The van der Waals surface area contributed by atoms with Crippen LogP contribution >= 0.6 is 15.9 Å². The zero-order chi connectivity index (χ0) is 15.5. The summed E-state index contributed by atoms with van der Waals surface area (Å²) in [5, 5.41) is 3.09. The van der Waals surface area contributed by atoms with Crippen molar-refractivity contribution in [3.05, 3.63) is 63.9 Å². The summed E-state index contributed by atoms with van der Waals surface area (Å²) in [6.07, 6.45) is -2.83. The summed E-state index contributed by atoms with van der Waals surface area (Å²) >= 11 is 3.40. The maximum absolute atomic E-state index is 12.5. The van der Waals surface area contributed by atoms with Gasteiger partial charge in [0.25, 0.3) is 0 Å². The number of hydrogen-bond acceptors (Lipinski definition) is 2. The van der Waals surface area contributed by atoms with Crippen molar-refractivity contribution >= 4 is 15.9 Å². The zero-order valence-electron chi connectivity index (χ0n) is 11.3. The van der Waals surface area contributed by atoms with Crippen molar-refractivity contribution < 1.29 is 13.2 Å². The first kappa shape index (κ1) is 16.0. The minimum absolute atomic E-state index is 0.137. The highest BCUT2D eigenvalue weighted by Crippen LogP contribution is 2.29. The molecule has 1 aromatic carbocycles. The zero-order valence-corrected chi connectivity index (χ0v) is 12.9. The van der Waals surface area contributed by atoms with Gasteiger partial charge in [0.05, 0.1) is 17.3 Å². The Hall–Kier alpha value is -1.40. The topological polar surface area (TPSA) is 24.9 Å². The Morgan fingerprint density at radius 1 is 1.24 bits per heavy atom. The lowest BCUT2D eigenvalue weighted by Crippen LogP contribution is -2.20. The van der Waals surface area contributed by atoms with Gasteiger partial charge in [-0.1, -0.05) is 28.1 Å². The SMILES string of the molecule is CNC(Cc1cccc(Br)c1)c1ccc(C(F)(F)F)cn1. The molecule has 1 unspecified atom stereocenters. The lowest BCUT2D eigenvalue weighted by Gasteiger charge is -2.16. The summed E-state index contributed by atoms with van der Waals surface area (Å²) in [5.41, 5.74) is 0.930. The largest absolute Gasteiger partial charge is 0.417 e. The monoisotopic (exact) mass is 358 g/mol. The number of benzene rings is 1. The first-order chi connectivity index (χ1) is 9.90. The van der Waals surface area contributed by atoms with Gasteiger partial charge in [-0.3, -0.25) is 4.98 Å².